The zero-order valence-corrected chi connectivity index (χ0v) is 13.1. The Labute approximate surface area is 140 Å². The number of nitro benzene ring substituents is 1. The molecule has 1 atom stereocenters. The number of carbonyl (C=O) groups is 3. The predicted octanol–water partition coefficient (Wildman–Crippen LogP) is 1.67. The van der Waals surface area contributed by atoms with Gasteiger partial charge >= 0.3 is 5.97 Å². The number of hydrogen-bond acceptors (Lipinski definition) is 6. The molecule has 2 heterocycles. The van der Waals surface area contributed by atoms with Gasteiger partial charge in [-0.05, 0) is 12.1 Å². The highest BCUT2D eigenvalue weighted by molar-refractivity contribution is 8.03. The average molecular weight is 348 g/mol. The minimum absolute atomic E-state index is 0.148. The van der Waals surface area contributed by atoms with Crippen LogP contribution in [0.3, 0.4) is 0 Å². The molecule has 124 valence electrons. The van der Waals surface area contributed by atoms with Crippen molar-refractivity contribution in [2.75, 3.05) is 12.3 Å². The number of ketones is 1. The fourth-order valence-corrected chi connectivity index (χ4v) is 4.01. The molecule has 0 unspecified atom stereocenters. The van der Waals surface area contributed by atoms with E-state index in [1.165, 1.54) is 40.9 Å². The number of benzene rings is 1. The van der Waals surface area contributed by atoms with Gasteiger partial charge in [-0.3, -0.25) is 24.5 Å². The first kappa shape index (κ1) is 16.2. The molecule has 0 radical (unpaired) electrons. The van der Waals surface area contributed by atoms with Crippen LogP contribution in [0.4, 0.5) is 5.69 Å². The van der Waals surface area contributed by atoms with E-state index in [1.54, 1.807) is 0 Å². The van der Waals surface area contributed by atoms with Crippen molar-refractivity contribution in [2.24, 2.45) is 5.92 Å². The number of carboxylic acid groups (broad SMARTS) is 1. The fourth-order valence-electron chi connectivity index (χ4n) is 2.82. The summed E-state index contributed by atoms with van der Waals surface area (Å²) in [5.74, 6) is -2.35. The van der Waals surface area contributed by atoms with Crippen LogP contribution in [-0.4, -0.2) is 44.9 Å². The number of fused-ring (bicyclic) bond motifs is 1. The summed E-state index contributed by atoms with van der Waals surface area (Å²) >= 11 is 1.35. The van der Waals surface area contributed by atoms with Gasteiger partial charge in [0.2, 0.25) is 5.91 Å². The zero-order chi connectivity index (χ0) is 17.4. The highest BCUT2D eigenvalue weighted by Gasteiger charge is 2.45. The average Bonchev–Trinajstić information content (AvgIpc) is 3.10. The third-order valence-electron chi connectivity index (χ3n) is 3.91. The molecule has 0 bridgehead atoms. The van der Waals surface area contributed by atoms with Crippen LogP contribution in [0.25, 0.3) is 0 Å². The van der Waals surface area contributed by atoms with Crippen molar-refractivity contribution < 1.29 is 24.4 Å². The second-order valence-electron chi connectivity index (χ2n) is 5.34. The predicted molar refractivity (Wildman–Crippen MR) is 84.4 cm³/mol. The van der Waals surface area contributed by atoms with Crippen LogP contribution in [0.5, 0.6) is 0 Å². The number of non-ortho nitro benzene ring substituents is 1. The number of amides is 1. The van der Waals surface area contributed by atoms with E-state index >= 15 is 0 Å². The Morgan fingerprint density at radius 1 is 1.33 bits per heavy atom. The highest BCUT2D eigenvalue weighted by Crippen LogP contribution is 2.43. The number of hydrogen-bond donors (Lipinski definition) is 1. The lowest BCUT2D eigenvalue weighted by Crippen LogP contribution is -2.29. The molecular weight excluding hydrogens is 336 g/mol. The largest absolute Gasteiger partial charge is 0.481 e. The lowest BCUT2D eigenvalue weighted by Gasteiger charge is -2.12. The second kappa shape index (κ2) is 6.08. The lowest BCUT2D eigenvalue weighted by atomic mass is 9.91. The molecule has 1 amide bonds. The summed E-state index contributed by atoms with van der Waals surface area (Å²) in [6.45, 7) is 0.450. The quantitative estimate of drug-likeness (QED) is 0.488. The first-order valence-electron chi connectivity index (χ1n) is 7.09. The molecule has 1 aromatic carbocycles. The number of nitrogens with zero attached hydrogens (tertiary/aromatic N) is 2. The van der Waals surface area contributed by atoms with Gasteiger partial charge in [-0.25, -0.2) is 0 Å². The normalized spacial score (nSPS) is 19.6. The molecule has 0 spiro atoms. The van der Waals surface area contributed by atoms with Gasteiger partial charge < -0.3 is 10.0 Å². The molecule has 0 aromatic heterocycles. The van der Waals surface area contributed by atoms with Gasteiger partial charge in [0.15, 0.2) is 5.78 Å². The number of aliphatic carboxylic acids is 1. The third kappa shape index (κ3) is 2.67. The van der Waals surface area contributed by atoms with Crippen LogP contribution in [0.1, 0.15) is 16.8 Å². The number of thioether (sulfide) groups is 1. The van der Waals surface area contributed by atoms with Gasteiger partial charge in [0.1, 0.15) is 0 Å². The molecule has 1 aromatic rings. The summed E-state index contributed by atoms with van der Waals surface area (Å²) in [4.78, 5) is 47.8. The van der Waals surface area contributed by atoms with Gasteiger partial charge in [-0.1, -0.05) is 0 Å². The highest BCUT2D eigenvalue weighted by atomic mass is 32.2. The van der Waals surface area contributed by atoms with Gasteiger partial charge in [0.05, 0.1) is 22.3 Å². The Morgan fingerprint density at radius 3 is 2.58 bits per heavy atom. The van der Waals surface area contributed by atoms with E-state index in [1.807, 2.05) is 0 Å². The van der Waals surface area contributed by atoms with Crippen molar-refractivity contribution in [3.63, 3.8) is 0 Å². The van der Waals surface area contributed by atoms with Crippen molar-refractivity contribution in [3.05, 3.63) is 50.5 Å². The molecule has 1 N–H and O–H groups in total. The molecule has 3 rings (SSSR count). The molecular formula is C15H12N2O6S. The molecule has 1 fully saturated rings. The van der Waals surface area contributed by atoms with E-state index < -0.39 is 29.0 Å². The van der Waals surface area contributed by atoms with Gasteiger partial charge in [0, 0.05) is 35.6 Å². The standard InChI is InChI=1S/C15H12N2O6S/c18-11(19)7-10-12(15-16(14(10)21)5-6-24-15)13(20)8-1-3-9(4-2-8)17(22)23/h1-4,10H,5-7H2,(H,18,19)/t10-/m0/s1. The monoisotopic (exact) mass is 348 g/mol. The van der Waals surface area contributed by atoms with Crippen LogP contribution >= 0.6 is 11.8 Å². The van der Waals surface area contributed by atoms with Crippen LogP contribution in [0, 0.1) is 16.0 Å². The smallest absolute Gasteiger partial charge is 0.304 e. The van der Waals surface area contributed by atoms with Crippen LogP contribution in [-0.2, 0) is 9.59 Å². The van der Waals surface area contributed by atoms with Crippen molar-refractivity contribution in [1.29, 1.82) is 0 Å². The molecule has 2 aliphatic rings. The molecule has 0 aliphatic carbocycles. The second-order valence-corrected chi connectivity index (χ2v) is 6.42. The van der Waals surface area contributed by atoms with Crippen LogP contribution < -0.4 is 0 Å². The SMILES string of the molecule is O=C(O)C[C@@H]1C(=O)N2CCSC2=C1C(=O)c1ccc([N+](=O)[O-])cc1. The van der Waals surface area contributed by atoms with E-state index in [9.17, 15) is 24.5 Å². The van der Waals surface area contributed by atoms with Gasteiger partial charge in [-0.15, -0.1) is 11.8 Å². The number of carbonyl (C=O) groups excluding carboxylic acids is 2. The Morgan fingerprint density at radius 2 is 2.00 bits per heavy atom. The first-order valence-corrected chi connectivity index (χ1v) is 8.08. The van der Waals surface area contributed by atoms with E-state index in [-0.39, 0.29) is 22.7 Å². The van der Waals surface area contributed by atoms with Crippen molar-refractivity contribution in [3.8, 4) is 0 Å². The van der Waals surface area contributed by atoms with Gasteiger partial charge in [0.25, 0.3) is 5.69 Å². The van der Waals surface area contributed by atoms with Crippen molar-refractivity contribution >= 4 is 35.1 Å². The summed E-state index contributed by atoms with van der Waals surface area (Å²) in [5.41, 5.74) is 0.227. The maximum Gasteiger partial charge on any atom is 0.304 e. The molecule has 9 heteroatoms. The van der Waals surface area contributed by atoms with Crippen molar-refractivity contribution in [2.45, 2.75) is 6.42 Å². The van der Waals surface area contributed by atoms with E-state index in [0.29, 0.717) is 17.3 Å². The van der Waals surface area contributed by atoms with E-state index in [4.69, 9.17) is 5.11 Å². The molecule has 24 heavy (non-hydrogen) atoms. The number of nitro groups is 1. The topological polar surface area (TPSA) is 118 Å². The summed E-state index contributed by atoms with van der Waals surface area (Å²) in [5, 5.41) is 20.2. The fraction of sp³-hybridized carbons (Fsp3) is 0.267. The molecule has 2 aliphatic heterocycles. The summed E-state index contributed by atoms with van der Waals surface area (Å²) in [6, 6.07) is 5.05. The Balaban J connectivity index is 1.98. The Bertz CT molecular complexity index is 786. The Hall–Kier alpha value is -2.68. The molecule has 8 nitrogen and oxygen atoms in total. The number of Topliss-reactive ketones (excluding diaryl/α,β-unsaturated/α-hetero) is 1. The van der Waals surface area contributed by atoms with Crippen LogP contribution in [0.2, 0.25) is 0 Å². The maximum absolute atomic E-state index is 12.8. The minimum atomic E-state index is -1.16. The van der Waals surface area contributed by atoms with Gasteiger partial charge in [-0.2, -0.15) is 0 Å². The molecule has 1 saturated heterocycles. The number of carboxylic acids is 1. The summed E-state index contributed by atoms with van der Waals surface area (Å²) < 4.78 is 0. The van der Waals surface area contributed by atoms with Crippen molar-refractivity contribution in [1.82, 2.24) is 4.90 Å². The van der Waals surface area contributed by atoms with E-state index in [2.05, 4.69) is 0 Å². The Kier molecular flexibility index (Phi) is 4.10. The minimum Gasteiger partial charge on any atom is -0.481 e. The molecule has 0 saturated carbocycles. The number of rotatable bonds is 5. The lowest BCUT2D eigenvalue weighted by molar-refractivity contribution is -0.384. The first-order chi connectivity index (χ1) is 11.4. The summed E-state index contributed by atoms with van der Waals surface area (Å²) in [6.07, 6.45) is -0.451. The van der Waals surface area contributed by atoms with E-state index in [0.717, 1.165) is 0 Å². The summed E-state index contributed by atoms with van der Waals surface area (Å²) in [7, 11) is 0. The third-order valence-corrected chi connectivity index (χ3v) is 5.01. The van der Waals surface area contributed by atoms with Crippen LogP contribution in [0.15, 0.2) is 34.9 Å². The maximum atomic E-state index is 12.8. The zero-order valence-electron chi connectivity index (χ0n) is 12.3.